The van der Waals surface area contributed by atoms with Gasteiger partial charge in [-0.25, -0.2) is 4.39 Å². The van der Waals surface area contributed by atoms with Gasteiger partial charge in [0.1, 0.15) is 0 Å². The summed E-state index contributed by atoms with van der Waals surface area (Å²) >= 11 is 0. The third kappa shape index (κ3) is 1.74. The predicted octanol–water partition coefficient (Wildman–Crippen LogP) is 1.76. The smallest absolute Gasteiger partial charge is 0.248 e. The van der Waals surface area contributed by atoms with E-state index in [1.165, 1.54) is 12.1 Å². The maximum atomic E-state index is 13.6. The minimum absolute atomic E-state index is 0.0669. The molecule has 0 aliphatic rings. The van der Waals surface area contributed by atoms with Gasteiger partial charge >= 0.3 is 0 Å². The average Bonchev–Trinajstić information content (AvgIpc) is 2.22. The summed E-state index contributed by atoms with van der Waals surface area (Å²) in [5.41, 5.74) is 5.95. The summed E-state index contributed by atoms with van der Waals surface area (Å²) in [4.78, 5) is 13.6. The van der Waals surface area contributed by atoms with E-state index in [1.807, 2.05) is 0 Å². The summed E-state index contributed by atoms with van der Waals surface area (Å²) in [5.74, 6) is -0.514. The van der Waals surface area contributed by atoms with Crippen LogP contribution in [0, 0.1) is 5.82 Å². The second-order valence-electron chi connectivity index (χ2n) is 3.14. The molecule has 0 fully saturated rings. The maximum Gasteiger partial charge on any atom is 0.248 e. The van der Waals surface area contributed by atoms with Crippen molar-refractivity contribution >= 4 is 5.69 Å². The van der Waals surface area contributed by atoms with Crippen molar-refractivity contribution in [3.8, 4) is 11.3 Å². The van der Waals surface area contributed by atoms with Crippen molar-refractivity contribution in [2.45, 2.75) is 0 Å². The first-order valence-electron chi connectivity index (χ1n) is 4.42. The molecule has 0 radical (unpaired) electrons. The minimum Gasteiger partial charge on any atom is -0.396 e. The van der Waals surface area contributed by atoms with Crippen molar-refractivity contribution in [1.29, 1.82) is 0 Å². The summed E-state index contributed by atoms with van der Waals surface area (Å²) in [6, 6.07) is 9.24. The molecule has 0 unspecified atom stereocenters. The van der Waals surface area contributed by atoms with E-state index < -0.39 is 5.82 Å². The van der Waals surface area contributed by atoms with Crippen LogP contribution in [0.2, 0.25) is 0 Å². The van der Waals surface area contributed by atoms with Gasteiger partial charge in [0.25, 0.3) is 0 Å². The van der Waals surface area contributed by atoms with Crippen LogP contribution in [-0.4, -0.2) is 4.98 Å². The maximum absolute atomic E-state index is 13.6. The molecule has 0 spiro atoms. The van der Waals surface area contributed by atoms with Gasteiger partial charge < -0.3 is 10.7 Å². The van der Waals surface area contributed by atoms with E-state index in [-0.39, 0.29) is 11.2 Å². The van der Waals surface area contributed by atoms with Crippen molar-refractivity contribution < 1.29 is 4.39 Å². The zero-order chi connectivity index (χ0) is 10.8. The molecule has 1 aromatic carbocycles. The molecule has 0 amide bonds. The molecule has 15 heavy (non-hydrogen) atoms. The Balaban J connectivity index is 2.64. The summed E-state index contributed by atoms with van der Waals surface area (Å²) in [7, 11) is 0. The van der Waals surface area contributed by atoms with Gasteiger partial charge in [-0.15, -0.1) is 0 Å². The van der Waals surface area contributed by atoms with E-state index >= 15 is 0 Å². The molecule has 76 valence electrons. The van der Waals surface area contributed by atoms with Crippen LogP contribution in [0.4, 0.5) is 10.1 Å². The minimum atomic E-state index is -0.514. The van der Waals surface area contributed by atoms with E-state index in [1.54, 1.807) is 24.3 Å². The van der Waals surface area contributed by atoms with Crippen LogP contribution >= 0.6 is 0 Å². The van der Waals surface area contributed by atoms with Crippen molar-refractivity contribution in [3.63, 3.8) is 0 Å². The van der Waals surface area contributed by atoms with Crippen LogP contribution in [0.5, 0.6) is 0 Å². The van der Waals surface area contributed by atoms with Gasteiger partial charge in [0.2, 0.25) is 5.56 Å². The molecule has 0 aliphatic carbocycles. The fraction of sp³-hybridized carbons (Fsp3) is 0. The number of nitrogen functional groups attached to an aromatic ring is 1. The normalized spacial score (nSPS) is 10.2. The highest BCUT2D eigenvalue weighted by Gasteiger charge is 2.07. The number of H-pyrrole nitrogens is 1. The lowest BCUT2D eigenvalue weighted by Gasteiger charge is -2.04. The average molecular weight is 204 g/mol. The van der Waals surface area contributed by atoms with Crippen molar-refractivity contribution in [3.05, 3.63) is 52.6 Å². The summed E-state index contributed by atoms with van der Waals surface area (Å²) in [6.45, 7) is 0. The van der Waals surface area contributed by atoms with Gasteiger partial charge in [0.05, 0.1) is 11.4 Å². The number of halogens is 1. The molecule has 2 aromatic rings. The summed E-state index contributed by atoms with van der Waals surface area (Å²) < 4.78 is 13.6. The predicted molar refractivity (Wildman–Crippen MR) is 56.9 cm³/mol. The molecule has 1 heterocycles. The lowest BCUT2D eigenvalue weighted by molar-refractivity contribution is 0.635. The SMILES string of the molecule is Nc1cccc(-c2cccc(=O)[nH]2)c1F. The second kappa shape index (κ2) is 3.57. The summed E-state index contributed by atoms with van der Waals surface area (Å²) in [6.07, 6.45) is 0. The van der Waals surface area contributed by atoms with Crippen LogP contribution in [0.3, 0.4) is 0 Å². The fourth-order valence-corrected chi connectivity index (χ4v) is 1.36. The fourth-order valence-electron chi connectivity index (χ4n) is 1.36. The van der Waals surface area contributed by atoms with Crippen LogP contribution in [0.25, 0.3) is 11.3 Å². The molecular formula is C11H9FN2O. The van der Waals surface area contributed by atoms with Crippen LogP contribution in [0.1, 0.15) is 0 Å². The molecule has 1 aromatic heterocycles. The quantitative estimate of drug-likeness (QED) is 0.695. The molecule has 0 saturated carbocycles. The first-order valence-corrected chi connectivity index (χ1v) is 4.42. The molecule has 0 atom stereocenters. The number of hydrogen-bond acceptors (Lipinski definition) is 2. The molecule has 3 N–H and O–H groups in total. The Bertz CT molecular complexity index is 548. The first-order chi connectivity index (χ1) is 7.18. The van der Waals surface area contributed by atoms with Crippen LogP contribution < -0.4 is 11.3 Å². The molecule has 0 aliphatic heterocycles. The van der Waals surface area contributed by atoms with E-state index in [9.17, 15) is 9.18 Å². The molecule has 0 bridgehead atoms. The van der Waals surface area contributed by atoms with E-state index in [4.69, 9.17) is 5.73 Å². The van der Waals surface area contributed by atoms with Gasteiger partial charge in [-0.05, 0) is 18.2 Å². The van der Waals surface area contributed by atoms with E-state index in [2.05, 4.69) is 4.98 Å². The van der Waals surface area contributed by atoms with Gasteiger partial charge in [-0.1, -0.05) is 12.1 Å². The highest BCUT2D eigenvalue weighted by atomic mass is 19.1. The largest absolute Gasteiger partial charge is 0.396 e. The highest BCUT2D eigenvalue weighted by molar-refractivity contribution is 5.64. The number of hydrogen-bond donors (Lipinski definition) is 2. The number of pyridine rings is 1. The Labute approximate surface area is 85.4 Å². The third-order valence-corrected chi connectivity index (χ3v) is 2.09. The van der Waals surface area contributed by atoms with Crippen LogP contribution in [-0.2, 0) is 0 Å². The Kier molecular flexibility index (Phi) is 2.25. The number of nitrogens with two attached hydrogens (primary N) is 1. The summed E-state index contributed by atoms with van der Waals surface area (Å²) in [5, 5.41) is 0. The van der Waals surface area contributed by atoms with E-state index in [0.717, 1.165) is 0 Å². The van der Waals surface area contributed by atoms with Crippen molar-refractivity contribution in [1.82, 2.24) is 4.98 Å². The van der Waals surface area contributed by atoms with Gasteiger partial charge in [-0.2, -0.15) is 0 Å². The third-order valence-electron chi connectivity index (χ3n) is 2.09. The lowest BCUT2D eigenvalue weighted by atomic mass is 10.1. The van der Waals surface area contributed by atoms with Gasteiger partial charge in [-0.3, -0.25) is 4.79 Å². The van der Waals surface area contributed by atoms with Crippen LogP contribution in [0.15, 0.2) is 41.2 Å². The Morgan fingerprint density at radius 2 is 1.87 bits per heavy atom. The monoisotopic (exact) mass is 204 g/mol. The van der Waals surface area contributed by atoms with Gasteiger partial charge in [0.15, 0.2) is 5.82 Å². The number of benzene rings is 1. The van der Waals surface area contributed by atoms with Gasteiger partial charge in [0, 0.05) is 11.6 Å². The number of aromatic nitrogens is 1. The zero-order valence-electron chi connectivity index (χ0n) is 7.83. The van der Waals surface area contributed by atoms with Crippen molar-refractivity contribution in [2.24, 2.45) is 0 Å². The topological polar surface area (TPSA) is 58.9 Å². The molecule has 3 nitrogen and oxygen atoms in total. The Hall–Kier alpha value is -2.10. The highest BCUT2D eigenvalue weighted by Crippen LogP contribution is 2.23. The molecule has 4 heteroatoms. The van der Waals surface area contributed by atoms with E-state index in [0.29, 0.717) is 11.3 Å². The van der Waals surface area contributed by atoms with Crippen molar-refractivity contribution in [2.75, 3.05) is 5.73 Å². The zero-order valence-corrected chi connectivity index (χ0v) is 7.83. The number of rotatable bonds is 1. The number of aromatic amines is 1. The second-order valence-corrected chi connectivity index (χ2v) is 3.14. The lowest BCUT2D eigenvalue weighted by Crippen LogP contribution is -2.04. The number of anilines is 1. The Morgan fingerprint density at radius 1 is 1.13 bits per heavy atom. The molecular weight excluding hydrogens is 195 g/mol. The standard InChI is InChI=1S/C11H9FN2O/c12-11-7(3-1-4-8(11)13)9-5-2-6-10(15)14-9/h1-6H,13H2,(H,14,15). The Morgan fingerprint density at radius 3 is 2.60 bits per heavy atom. The molecule has 0 saturated heterocycles. The molecule has 2 rings (SSSR count). The number of nitrogens with one attached hydrogen (secondary N) is 1. The first kappa shape index (κ1) is 9.45.